The molecule has 1 heterocycles. The van der Waals surface area contributed by atoms with E-state index in [0.29, 0.717) is 16.7 Å². The number of rotatable bonds is 3. The first-order valence-electron chi connectivity index (χ1n) is 6.72. The summed E-state index contributed by atoms with van der Waals surface area (Å²) >= 11 is 14.0. The van der Waals surface area contributed by atoms with Crippen molar-refractivity contribution >= 4 is 40.5 Å². The monoisotopic (exact) mass is 341 g/mol. The van der Waals surface area contributed by atoms with Gasteiger partial charge in [-0.05, 0) is 31.9 Å². The van der Waals surface area contributed by atoms with Gasteiger partial charge in [0.15, 0.2) is 0 Å². The van der Waals surface area contributed by atoms with Gasteiger partial charge < -0.3 is 4.74 Å². The van der Waals surface area contributed by atoms with Crippen LogP contribution >= 0.6 is 34.5 Å². The first kappa shape index (κ1) is 14.8. The van der Waals surface area contributed by atoms with Crippen LogP contribution in [0.5, 0.6) is 0 Å². The summed E-state index contributed by atoms with van der Waals surface area (Å²) in [5.74, 6) is -0.454. The Kier molecular flexibility index (Phi) is 4.20. The van der Waals surface area contributed by atoms with E-state index >= 15 is 0 Å². The highest BCUT2D eigenvalue weighted by atomic mass is 35.5. The molecule has 0 fully saturated rings. The molecule has 1 aromatic heterocycles. The van der Waals surface area contributed by atoms with Gasteiger partial charge in [0, 0.05) is 10.4 Å². The Bertz CT molecular complexity index is 679. The number of esters is 1. The molecule has 3 rings (SSSR count). The number of carbonyl (C=O) groups excluding carboxylic acids is 1. The number of ether oxygens (including phenoxy) is 1. The zero-order valence-electron chi connectivity index (χ0n) is 11.4. The highest BCUT2D eigenvalue weighted by Crippen LogP contribution is 2.43. The maximum absolute atomic E-state index is 12.0. The van der Waals surface area contributed by atoms with Crippen molar-refractivity contribution in [2.24, 2.45) is 0 Å². The van der Waals surface area contributed by atoms with Crippen molar-refractivity contribution < 1.29 is 9.53 Å². The number of thiazole rings is 1. The van der Waals surface area contributed by atoms with Gasteiger partial charge in [-0.1, -0.05) is 29.3 Å². The normalized spacial score (nSPS) is 16.8. The number of fused-ring (bicyclic) bond motifs is 1. The van der Waals surface area contributed by atoms with Gasteiger partial charge in [-0.15, -0.1) is 11.3 Å². The SMILES string of the molecule is CCOC(=O)C1CCc2sc(-c3c(Cl)cccc3Cl)nc21. The van der Waals surface area contributed by atoms with Crippen LogP contribution in [0.1, 0.15) is 29.8 Å². The predicted molar refractivity (Wildman–Crippen MR) is 85.3 cm³/mol. The van der Waals surface area contributed by atoms with Crippen LogP contribution in [0, 0.1) is 0 Å². The number of hydrogen-bond acceptors (Lipinski definition) is 4. The smallest absolute Gasteiger partial charge is 0.315 e. The number of hydrogen-bond donors (Lipinski definition) is 0. The van der Waals surface area contributed by atoms with Crippen LogP contribution in [-0.2, 0) is 16.0 Å². The maximum atomic E-state index is 12.0. The van der Waals surface area contributed by atoms with Crippen molar-refractivity contribution in [3.63, 3.8) is 0 Å². The molecule has 3 nitrogen and oxygen atoms in total. The molecule has 1 unspecified atom stereocenters. The fraction of sp³-hybridized carbons (Fsp3) is 0.333. The second kappa shape index (κ2) is 5.95. The molecule has 0 aliphatic heterocycles. The van der Waals surface area contributed by atoms with Gasteiger partial charge in [0.25, 0.3) is 0 Å². The van der Waals surface area contributed by atoms with Crippen molar-refractivity contribution in [2.75, 3.05) is 6.61 Å². The van der Waals surface area contributed by atoms with Crippen LogP contribution in [0.3, 0.4) is 0 Å². The van der Waals surface area contributed by atoms with Crippen LogP contribution < -0.4 is 0 Å². The van der Waals surface area contributed by atoms with Crippen LogP contribution in [0.4, 0.5) is 0 Å². The zero-order chi connectivity index (χ0) is 15.0. The van der Waals surface area contributed by atoms with E-state index in [1.165, 1.54) is 0 Å². The maximum Gasteiger partial charge on any atom is 0.315 e. The minimum atomic E-state index is -0.258. The van der Waals surface area contributed by atoms with E-state index in [4.69, 9.17) is 27.9 Å². The Morgan fingerprint density at radius 2 is 2.14 bits per heavy atom. The summed E-state index contributed by atoms with van der Waals surface area (Å²) in [7, 11) is 0. The van der Waals surface area contributed by atoms with E-state index in [1.807, 2.05) is 6.92 Å². The first-order valence-corrected chi connectivity index (χ1v) is 8.29. The van der Waals surface area contributed by atoms with E-state index in [0.717, 1.165) is 34.0 Å². The average Bonchev–Trinajstić information content (AvgIpc) is 2.98. The van der Waals surface area contributed by atoms with Gasteiger partial charge >= 0.3 is 5.97 Å². The zero-order valence-corrected chi connectivity index (χ0v) is 13.7. The molecule has 0 spiro atoms. The number of benzene rings is 1. The Labute approximate surface area is 136 Å². The lowest BCUT2D eigenvalue weighted by Crippen LogP contribution is -2.14. The Morgan fingerprint density at radius 3 is 2.81 bits per heavy atom. The van der Waals surface area contributed by atoms with Crippen molar-refractivity contribution in [1.29, 1.82) is 0 Å². The van der Waals surface area contributed by atoms with Gasteiger partial charge in [-0.3, -0.25) is 4.79 Å². The molecule has 0 amide bonds. The van der Waals surface area contributed by atoms with E-state index in [-0.39, 0.29) is 11.9 Å². The lowest BCUT2D eigenvalue weighted by molar-refractivity contribution is -0.145. The number of halogens is 2. The van der Waals surface area contributed by atoms with E-state index < -0.39 is 0 Å². The molecule has 1 aromatic carbocycles. The summed E-state index contributed by atoms with van der Waals surface area (Å²) in [5, 5.41) is 1.91. The summed E-state index contributed by atoms with van der Waals surface area (Å²) in [6, 6.07) is 5.38. The highest BCUT2D eigenvalue weighted by Gasteiger charge is 2.34. The molecule has 1 atom stereocenters. The van der Waals surface area contributed by atoms with E-state index in [2.05, 4.69) is 4.98 Å². The summed E-state index contributed by atoms with van der Waals surface area (Å²) in [6.45, 7) is 2.20. The molecule has 2 aromatic rings. The fourth-order valence-electron chi connectivity index (χ4n) is 2.51. The second-order valence-electron chi connectivity index (χ2n) is 4.77. The average molecular weight is 342 g/mol. The predicted octanol–water partition coefficient (Wildman–Crippen LogP) is 4.71. The summed E-state index contributed by atoms with van der Waals surface area (Å²) in [5.41, 5.74) is 1.56. The Morgan fingerprint density at radius 1 is 1.43 bits per heavy atom. The third kappa shape index (κ3) is 2.68. The van der Waals surface area contributed by atoms with Gasteiger partial charge in [-0.2, -0.15) is 0 Å². The molecular formula is C15H13Cl2NO2S. The standard InChI is InChI=1S/C15H13Cl2NO2S/c1-2-20-15(19)8-6-7-11-13(8)18-14(21-11)12-9(16)4-3-5-10(12)17/h3-5,8H,2,6-7H2,1H3. The minimum absolute atomic E-state index is 0.196. The van der Waals surface area contributed by atoms with Crippen LogP contribution in [0.15, 0.2) is 18.2 Å². The van der Waals surface area contributed by atoms with Crippen LogP contribution in [-0.4, -0.2) is 17.6 Å². The summed E-state index contributed by atoms with van der Waals surface area (Å²) in [4.78, 5) is 17.7. The molecule has 6 heteroatoms. The number of carbonyl (C=O) groups is 1. The molecule has 0 saturated heterocycles. The van der Waals surface area contributed by atoms with Gasteiger partial charge in [0.2, 0.25) is 0 Å². The van der Waals surface area contributed by atoms with E-state index in [1.54, 1.807) is 29.5 Å². The lowest BCUT2D eigenvalue weighted by atomic mass is 10.1. The van der Waals surface area contributed by atoms with Gasteiger partial charge in [-0.25, -0.2) is 4.98 Å². The van der Waals surface area contributed by atoms with Crippen molar-refractivity contribution in [1.82, 2.24) is 4.98 Å². The largest absolute Gasteiger partial charge is 0.465 e. The molecule has 0 saturated carbocycles. The lowest BCUT2D eigenvalue weighted by Gasteiger charge is -2.08. The number of nitrogens with zero attached hydrogens (tertiary/aromatic N) is 1. The second-order valence-corrected chi connectivity index (χ2v) is 6.67. The van der Waals surface area contributed by atoms with Crippen molar-refractivity contribution in [2.45, 2.75) is 25.7 Å². The number of aryl methyl sites for hydroxylation is 1. The Hall–Kier alpha value is -1.10. The van der Waals surface area contributed by atoms with Gasteiger partial charge in [0.1, 0.15) is 10.9 Å². The Balaban J connectivity index is 1.99. The summed E-state index contributed by atoms with van der Waals surface area (Å²) in [6.07, 6.45) is 1.61. The molecular weight excluding hydrogens is 329 g/mol. The number of aromatic nitrogens is 1. The quantitative estimate of drug-likeness (QED) is 0.759. The van der Waals surface area contributed by atoms with Gasteiger partial charge in [0.05, 0.1) is 22.3 Å². The van der Waals surface area contributed by atoms with Crippen molar-refractivity contribution in [3.05, 3.63) is 38.8 Å². The minimum Gasteiger partial charge on any atom is -0.465 e. The van der Waals surface area contributed by atoms with E-state index in [9.17, 15) is 4.79 Å². The summed E-state index contributed by atoms with van der Waals surface area (Å²) < 4.78 is 5.12. The van der Waals surface area contributed by atoms with Crippen molar-refractivity contribution in [3.8, 4) is 10.6 Å². The van der Waals surface area contributed by atoms with Crippen LogP contribution in [0.2, 0.25) is 10.0 Å². The first-order chi connectivity index (χ1) is 10.1. The third-order valence-electron chi connectivity index (χ3n) is 3.47. The van der Waals surface area contributed by atoms with Crippen LogP contribution in [0.25, 0.3) is 10.6 Å². The molecule has 1 aliphatic rings. The highest BCUT2D eigenvalue weighted by molar-refractivity contribution is 7.15. The molecule has 0 N–H and O–H groups in total. The molecule has 21 heavy (non-hydrogen) atoms. The fourth-order valence-corrected chi connectivity index (χ4v) is 4.41. The molecule has 110 valence electrons. The molecule has 0 radical (unpaired) electrons. The third-order valence-corrected chi connectivity index (χ3v) is 5.24. The molecule has 1 aliphatic carbocycles. The topological polar surface area (TPSA) is 39.2 Å². The molecule has 0 bridgehead atoms.